The number of aromatic nitrogens is 2. The summed E-state index contributed by atoms with van der Waals surface area (Å²) in [7, 11) is 6.03. The minimum absolute atomic E-state index is 0.598. The van der Waals surface area contributed by atoms with Gasteiger partial charge in [-0.1, -0.05) is 0 Å². The molecule has 7 heteroatoms. The lowest BCUT2D eigenvalue weighted by molar-refractivity contribution is 0.270. The zero-order valence-corrected chi connectivity index (χ0v) is 17.1. The van der Waals surface area contributed by atoms with E-state index in [1.807, 2.05) is 6.21 Å². The van der Waals surface area contributed by atoms with E-state index in [1.54, 1.807) is 24.8 Å². The van der Waals surface area contributed by atoms with E-state index in [0.29, 0.717) is 6.04 Å². The van der Waals surface area contributed by atoms with Crippen molar-refractivity contribution in [1.82, 2.24) is 14.9 Å². The predicted molar refractivity (Wildman–Crippen MR) is 114 cm³/mol. The number of aryl methyl sites for hydroxylation is 1. The van der Waals surface area contributed by atoms with Crippen molar-refractivity contribution in [3.05, 3.63) is 40.0 Å². The number of nitrogens with one attached hydrogen (secondary N) is 1. The van der Waals surface area contributed by atoms with E-state index in [1.165, 1.54) is 22.4 Å². The summed E-state index contributed by atoms with van der Waals surface area (Å²) in [6.45, 7) is 0.717. The number of hydrogen-bond acceptors (Lipinski definition) is 7. The monoisotopic (exact) mass is 393 g/mol. The van der Waals surface area contributed by atoms with Gasteiger partial charge in [-0.05, 0) is 62.2 Å². The van der Waals surface area contributed by atoms with Crippen molar-refractivity contribution in [3.63, 3.8) is 0 Å². The second-order valence-electron chi connectivity index (χ2n) is 7.61. The molecular formula is C21H23N5OS. The first-order valence-corrected chi connectivity index (χ1v) is 10.3. The van der Waals surface area contributed by atoms with Gasteiger partial charge in [0.15, 0.2) is 0 Å². The molecule has 1 atom stereocenters. The van der Waals surface area contributed by atoms with Gasteiger partial charge in [0.25, 0.3) is 0 Å². The molecule has 1 aromatic carbocycles. The molecule has 1 N–H and O–H groups in total. The van der Waals surface area contributed by atoms with Gasteiger partial charge in [-0.3, -0.25) is 4.99 Å². The maximum atomic E-state index is 5.63. The quantitative estimate of drug-likeness (QED) is 0.731. The summed E-state index contributed by atoms with van der Waals surface area (Å²) >= 11 is 1.81. The van der Waals surface area contributed by atoms with Crippen LogP contribution in [0.25, 0.3) is 10.2 Å². The third-order valence-electron chi connectivity index (χ3n) is 5.76. The molecule has 2 aliphatic rings. The number of aliphatic imine (C=N–C) groups is 1. The fraction of sp³-hybridized carbons (Fsp3) is 0.381. The fourth-order valence-corrected chi connectivity index (χ4v) is 5.42. The van der Waals surface area contributed by atoms with E-state index >= 15 is 0 Å². The number of thiophene rings is 1. The van der Waals surface area contributed by atoms with Crippen LogP contribution in [-0.4, -0.2) is 48.3 Å². The second kappa shape index (κ2) is 6.83. The SMILES string of the molecule is COc1cc2c(cc1Nc1ncnc3sc4c(c13)CCC(N(C)C)C4)C=NC2. The van der Waals surface area contributed by atoms with Crippen molar-refractivity contribution < 1.29 is 4.74 Å². The number of anilines is 2. The van der Waals surface area contributed by atoms with Crippen LogP contribution in [0.15, 0.2) is 23.5 Å². The van der Waals surface area contributed by atoms with Crippen molar-refractivity contribution in [2.75, 3.05) is 26.5 Å². The van der Waals surface area contributed by atoms with Crippen molar-refractivity contribution in [2.24, 2.45) is 4.99 Å². The highest BCUT2D eigenvalue weighted by molar-refractivity contribution is 7.19. The molecule has 1 unspecified atom stereocenters. The lowest BCUT2D eigenvalue weighted by Crippen LogP contribution is -2.32. The average Bonchev–Trinajstić information content (AvgIpc) is 3.30. The second-order valence-corrected chi connectivity index (χ2v) is 8.70. The smallest absolute Gasteiger partial charge is 0.142 e. The first-order valence-electron chi connectivity index (χ1n) is 9.53. The Morgan fingerprint density at radius 1 is 1.25 bits per heavy atom. The first kappa shape index (κ1) is 17.6. The number of nitrogens with zero attached hydrogens (tertiary/aromatic N) is 4. The molecule has 0 amide bonds. The van der Waals surface area contributed by atoms with Crippen LogP contribution in [0.5, 0.6) is 5.75 Å². The molecule has 1 aliphatic heterocycles. The molecule has 1 aliphatic carbocycles. The summed E-state index contributed by atoms with van der Waals surface area (Å²) in [5, 5.41) is 4.69. The average molecular weight is 394 g/mol. The summed E-state index contributed by atoms with van der Waals surface area (Å²) in [4.78, 5) is 18.3. The molecule has 144 valence electrons. The summed E-state index contributed by atoms with van der Waals surface area (Å²) in [6, 6.07) is 4.76. The van der Waals surface area contributed by atoms with Crippen molar-refractivity contribution >= 4 is 39.3 Å². The van der Waals surface area contributed by atoms with Crippen LogP contribution in [0.2, 0.25) is 0 Å². The fourth-order valence-electron chi connectivity index (χ4n) is 4.16. The Morgan fingerprint density at radius 3 is 2.96 bits per heavy atom. The number of rotatable bonds is 4. The molecule has 5 rings (SSSR count). The zero-order valence-electron chi connectivity index (χ0n) is 16.3. The Balaban J connectivity index is 1.57. The highest BCUT2D eigenvalue weighted by Crippen LogP contribution is 2.41. The number of likely N-dealkylation sites (N-methyl/N-ethyl adjacent to an activating group) is 1. The molecule has 3 aromatic rings. The predicted octanol–water partition coefficient (Wildman–Crippen LogP) is 3.79. The van der Waals surface area contributed by atoms with Crippen LogP contribution in [0.3, 0.4) is 0 Å². The molecule has 28 heavy (non-hydrogen) atoms. The highest BCUT2D eigenvalue weighted by atomic mass is 32.1. The molecule has 3 heterocycles. The van der Waals surface area contributed by atoms with Gasteiger partial charge in [0, 0.05) is 17.1 Å². The highest BCUT2D eigenvalue weighted by Gasteiger charge is 2.26. The Labute approximate surface area is 168 Å². The molecule has 0 spiro atoms. The van der Waals surface area contributed by atoms with Gasteiger partial charge in [0.05, 0.1) is 24.7 Å². The number of fused-ring (bicyclic) bond motifs is 4. The molecule has 0 saturated heterocycles. The van der Waals surface area contributed by atoms with Crippen LogP contribution < -0.4 is 10.1 Å². The molecular weight excluding hydrogens is 370 g/mol. The minimum atomic E-state index is 0.598. The van der Waals surface area contributed by atoms with Gasteiger partial charge in [0.1, 0.15) is 22.7 Å². The molecule has 2 aromatic heterocycles. The van der Waals surface area contributed by atoms with Crippen molar-refractivity contribution in [1.29, 1.82) is 0 Å². The topological polar surface area (TPSA) is 62.6 Å². The van der Waals surface area contributed by atoms with E-state index < -0.39 is 0 Å². The molecule has 0 radical (unpaired) electrons. The molecule has 0 bridgehead atoms. The maximum Gasteiger partial charge on any atom is 0.142 e. The summed E-state index contributed by atoms with van der Waals surface area (Å²) < 4.78 is 5.63. The van der Waals surface area contributed by atoms with Crippen LogP contribution in [0.4, 0.5) is 11.5 Å². The van der Waals surface area contributed by atoms with Gasteiger partial charge in [-0.2, -0.15) is 0 Å². The lowest BCUT2D eigenvalue weighted by atomic mass is 9.92. The normalized spacial score (nSPS) is 17.8. The van der Waals surface area contributed by atoms with Crippen LogP contribution in [-0.2, 0) is 19.4 Å². The first-order chi connectivity index (χ1) is 13.6. The van der Waals surface area contributed by atoms with Gasteiger partial charge in [-0.15, -0.1) is 11.3 Å². The third kappa shape index (κ3) is 2.86. The van der Waals surface area contributed by atoms with Gasteiger partial charge in [0.2, 0.25) is 0 Å². The summed E-state index contributed by atoms with van der Waals surface area (Å²) in [5.74, 6) is 1.67. The Kier molecular flexibility index (Phi) is 4.29. The number of hydrogen-bond donors (Lipinski definition) is 1. The van der Waals surface area contributed by atoms with E-state index in [0.717, 1.165) is 52.4 Å². The molecule has 0 fully saturated rings. The number of methoxy groups -OCH3 is 1. The number of ether oxygens (including phenoxy) is 1. The standard InChI is InChI=1S/C21H23N5OS/c1-26(2)14-4-5-15-18(8-14)28-21-19(15)20(23-11-24-21)25-16-6-12-9-22-10-13(12)7-17(16)27-3/h6-7,9,11,14H,4-5,8,10H2,1-3H3,(H,23,24,25). The van der Waals surface area contributed by atoms with Crippen LogP contribution in [0.1, 0.15) is 28.0 Å². The van der Waals surface area contributed by atoms with Crippen LogP contribution >= 0.6 is 11.3 Å². The van der Waals surface area contributed by atoms with Crippen molar-refractivity contribution in [3.8, 4) is 5.75 Å². The summed E-state index contributed by atoms with van der Waals surface area (Å²) in [5.41, 5.74) is 4.65. The molecule has 0 saturated carbocycles. The van der Waals surface area contributed by atoms with Crippen molar-refractivity contribution in [2.45, 2.75) is 31.8 Å². The Morgan fingerprint density at radius 2 is 2.14 bits per heavy atom. The lowest BCUT2D eigenvalue weighted by Gasteiger charge is -2.28. The Bertz CT molecular complexity index is 1090. The van der Waals surface area contributed by atoms with E-state index in [9.17, 15) is 0 Å². The Hall–Kier alpha value is -2.51. The minimum Gasteiger partial charge on any atom is -0.495 e. The van der Waals surface area contributed by atoms with E-state index in [2.05, 4.69) is 51.4 Å². The maximum absolute atomic E-state index is 5.63. The van der Waals surface area contributed by atoms with E-state index in [-0.39, 0.29) is 0 Å². The largest absolute Gasteiger partial charge is 0.495 e. The van der Waals surface area contributed by atoms with Gasteiger partial charge < -0.3 is 15.0 Å². The number of benzene rings is 1. The van der Waals surface area contributed by atoms with E-state index in [4.69, 9.17) is 4.74 Å². The summed E-state index contributed by atoms with van der Waals surface area (Å²) in [6.07, 6.45) is 6.88. The van der Waals surface area contributed by atoms with Crippen LogP contribution in [0, 0.1) is 0 Å². The molecule has 6 nitrogen and oxygen atoms in total. The van der Waals surface area contributed by atoms with Gasteiger partial charge in [-0.25, -0.2) is 9.97 Å². The zero-order chi connectivity index (χ0) is 19.3. The van der Waals surface area contributed by atoms with Gasteiger partial charge >= 0.3 is 0 Å². The third-order valence-corrected chi connectivity index (χ3v) is 6.92.